The van der Waals surface area contributed by atoms with Gasteiger partial charge in [0, 0.05) is 18.0 Å². The van der Waals surface area contributed by atoms with E-state index in [1.807, 2.05) is 25.3 Å². The van der Waals surface area contributed by atoms with Crippen LogP contribution >= 0.6 is 11.3 Å². The summed E-state index contributed by atoms with van der Waals surface area (Å²) in [4.78, 5) is 15.1. The Morgan fingerprint density at radius 3 is 2.37 bits per heavy atom. The smallest absolute Gasteiger partial charge is 0.255 e. The molecule has 0 aliphatic heterocycles. The largest absolute Gasteiger partial charge is 0.339 e. The molecule has 2 rings (SSSR count). The molecular weight excluding hydrogens is 261 g/mol. The van der Waals surface area contributed by atoms with Gasteiger partial charge in [0.05, 0.1) is 5.56 Å². The topological polar surface area (TPSA) is 20.3 Å². The molecule has 2 aromatic rings. The van der Waals surface area contributed by atoms with Gasteiger partial charge in [-0.2, -0.15) is 0 Å². The fourth-order valence-corrected chi connectivity index (χ4v) is 2.88. The molecule has 19 heavy (non-hydrogen) atoms. The number of rotatable bonds is 4. The van der Waals surface area contributed by atoms with Crippen molar-refractivity contribution in [1.29, 1.82) is 0 Å². The number of hydrogen-bond acceptors (Lipinski definition) is 2. The SMILES string of the molecule is CCN(CC)C(=O)c1ccsc1-c1ccc(F)cc1. The van der Waals surface area contributed by atoms with E-state index in [2.05, 4.69) is 0 Å². The Morgan fingerprint density at radius 2 is 1.79 bits per heavy atom. The lowest BCUT2D eigenvalue weighted by Crippen LogP contribution is -2.30. The van der Waals surface area contributed by atoms with Crippen molar-refractivity contribution in [3.63, 3.8) is 0 Å². The van der Waals surface area contributed by atoms with Crippen molar-refractivity contribution < 1.29 is 9.18 Å². The summed E-state index contributed by atoms with van der Waals surface area (Å²) in [6, 6.07) is 8.09. The monoisotopic (exact) mass is 277 g/mol. The number of nitrogens with zero attached hydrogens (tertiary/aromatic N) is 1. The van der Waals surface area contributed by atoms with E-state index in [9.17, 15) is 9.18 Å². The third-order valence-electron chi connectivity index (χ3n) is 3.05. The van der Waals surface area contributed by atoms with Gasteiger partial charge in [-0.3, -0.25) is 4.79 Å². The van der Waals surface area contributed by atoms with Gasteiger partial charge >= 0.3 is 0 Å². The molecule has 0 radical (unpaired) electrons. The van der Waals surface area contributed by atoms with Crippen molar-refractivity contribution >= 4 is 17.2 Å². The Labute approximate surface area is 116 Å². The van der Waals surface area contributed by atoms with Gasteiger partial charge in [-0.15, -0.1) is 11.3 Å². The predicted octanol–water partition coefficient (Wildman–Crippen LogP) is 4.04. The molecule has 0 atom stereocenters. The van der Waals surface area contributed by atoms with Gasteiger partial charge in [0.25, 0.3) is 5.91 Å². The van der Waals surface area contributed by atoms with Crippen molar-refractivity contribution in [3.8, 4) is 10.4 Å². The van der Waals surface area contributed by atoms with Crippen LogP contribution in [0.1, 0.15) is 24.2 Å². The standard InChI is InChI=1S/C15H16FNOS/c1-3-17(4-2)15(18)13-9-10-19-14(13)11-5-7-12(16)8-6-11/h5-10H,3-4H2,1-2H3. The molecule has 1 aromatic heterocycles. The van der Waals surface area contributed by atoms with E-state index in [4.69, 9.17) is 0 Å². The maximum atomic E-state index is 13.0. The lowest BCUT2D eigenvalue weighted by Gasteiger charge is -2.18. The zero-order valence-electron chi connectivity index (χ0n) is 11.0. The molecule has 100 valence electrons. The minimum absolute atomic E-state index is 0.0329. The quantitative estimate of drug-likeness (QED) is 0.826. The van der Waals surface area contributed by atoms with Gasteiger partial charge in [-0.1, -0.05) is 12.1 Å². The number of carbonyl (C=O) groups excluding carboxylic acids is 1. The van der Waals surface area contributed by atoms with Crippen molar-refractivity contribution in [2.24, 2.45) is 0 Å². The maximum absolute atomic E-state index is 13.0. The van der Waals surface area contributed by atoms with Crippen molar-refractivity contribution in [3.05, 3.63) is 47.1 Å². The first-order chi connectivity index (χ1) is 9.17. The Bertz CT molecular complexity index is 558. The summed E-state index contributed by atoms with van der Waals surface area (Å²) in [5, 5.41) is 1.90. The molecule has 1 amide bonds. The number of thiophene rings is 1. The average Bonchev–Trinajstić information content (AvgIpc) is 2.90. The molecule has 0 saturated heterocycles. The fraction of sp³-hybridized carbons (Fsp3) is 0.267. The molecule has 0 spiro atoms. The summed E-state index contributed by atoms with van der Waals surface area (Å²) >= 11 is 1.51. The van der Waals surface area contributed by atoms with E-state index >= 15 is 0 Å². The van der Waals surface area contributed by atoms with Gasteiger partial charge in [-0.05, 0) is 43.0 Å². The molecule has 0 N–H and O–H groups in total. The predicted molar refractivity (Wildman–Crippen MR) is 77.0 cm³/mol. The van der Waals surface area contributed by atoms with E-state index in [0.29, 0.717) is 18.7 Å². The van der Waals surface area contributed by atoms with Crippen LogP contribution in [0.15, 0.2) is 35.7 Å². The maximum Gasteiger partial charge on any atom is 0.255 e. The van der Waals surface area contributed by atoms with E-state index in [0.717, 1.165) is 10.4 Å². The summed E-state index contributed by atoms with van der Waals surface area (Å²) in [6.07, 6.45) is 0. The van der Waals surface area contributed by atoms with Gasteiger partial charge in [0.15, 0.2) is 0 Å². The van der Waals surface area contributed by atoms with Gasteiger partial charge in [0.1, 0.15) is 5.82 Å². The second-order valence-corrected chi connectivity index (χ2v) is 5.06. The van der Waals surface area contributed by atoms with Crippen LogP contribution in [0.2, 0.25) is 0 Å². The second kappa shape index (κ2) is 5.97. The minimum Gasteiger partial charge on any atom is -0.339 e. The highest BCUT2D eigenvalue weighted by atomic mass is 32.1. The molecule has 0 saturated carbocycles. The van der Waals surface area contributed by atoms with Gasteiger partial charge in [0.2, 0.25) is 0 Å². The minimum atomic E-state index is -0.267. The third kappa shape index (κ3) is 2.84. The van der Waals surface area contributed by atoms with Crippen molar-refractivity contribution in [1.82, 2.24) is 4.90 Å². The molecule has 4 heteroatoms. The fourth-order valence-electron chi connectivity index (χ4n) is 1.98. The molecule has 0 fully saturated rings. The number of benzene rings is 1. The van der Waals surface area contributed by atoms with Crippen LogP contribution in [0, 0.1) is 5.82 Å². The summed E-state index contributed by atoms with van der Waals surface area (Å²) in [5.74, 6) is -0.234. The first-order valence-corrected chi connectivity index (χ1v) is 7.18. The van der Waals surface area contributed by atoms with E-state index < -0.39 is 0 Å². The zero-order chi connectivity index (χ0) is 13.8. The second-order valence-electron chi connectivity index (χ2n) is 4.15. The number of carbonyl (C=O) groups is 1. The van der Waals surface area contributed by atoms with Crippen LogP contribution in [0.3, 0.4) is 0 Å². The van der Waals surface area contributed by atoms with Gasteiger partial charge < -0.3 is 4.90 Å². The van der Waals surface area contributed by atoms with Crippen molar-refractivity contribution in [2.45, 2.75) is 13.8 Å². The molecule has 1 aromatic carbocycles. The number of halogens is 1. The number of hydrogen-bond donors (Lipinski definition) is 0. The molecule has 1 heterocycles. The molecule has 0 aliphatic rings. The van der Waals surface area contributed by atoms with E-state index in [-0.39, 0.29) is 11.7 Å². The first-order valence-electron chi connectivity index (χ1n) is 6.30. The Balaban J connectivity index is 2.37. The Hall–Kier alpha value is -1.68. The highest BCUT2D eigenvalue weighted by Gasteiger charge is 2.18. The molecular formula is C15H16FNOS. The molecule has 0 unspecified atom stereocenters. The molecule has 0 bridgehead atoms. The summed E-state index contributed by atoms with van der Waals surface area (Å²) in [5.41, 5.74) is 1.58. The van der Waals surface area contributed by atoms with Crippen molar-refractivity contribution in [2.75, 3.05) is 13.1 Å². The van der Waals surface area contributed by atoms with Gasteiger partial charge in [-0.25, -0.2) is 4.39 Å². The van der Waals surface area contributed by atoms with Crippen LogP contribution < -0.4 is 0 Å². The Kier molecular flexibility index (Phi) is 4.32. The van der Waals surface area contributed by atoms with Crippen LogP contribution in [0.25, 0.3) is 10.4 Å². The Morgan fingerprint density at radius 1 is 1.16 bits per heavy atom. The first kappa shape index (κ1) is 13.7. The highest BCUT2D eigenvalue weighted by molar-refractivity contribution is 7.14. The highest BCUT2D eigenvalue weighted by Crippen LogP contribution is 2.30. The zero-order valence-corrected chi connectivity index (χ0v) is 11.8. The number of amides is 1. The third-order valence-corrected chi connectivity index (χ3v) is 4.02. The summed E-state index contributed by atoms with van der Waals surface area (Å²) < 4.78 is 13.0. The normalized spacial score (nSPS) is 10.5. The van der Waals surface area contributed by atoms with Crippen LogP contribution in [0.4, 0.5) is 4.39 Å². The lowest BCUT2D eigenvalue weighted by atomic mass is 10.1. The molecule has 0 aliphatic carbocycles. The van der Waals surface area contributed by atoms with Crippen LogP contribution in [-0.4, -0.2) is 23.9 Å². The summed E-state index contributed by atoms with van der Waals surface area (Å²) in [7, 11) is 0. The van der Waals surface area contributed by atoms with Crippen LogP contribution in [0.5, 0.6) is 0 Å². The van der Waals surface area contributed by atoms with E-state index in [1.165, 1.54) is 23.5 Å². The van der Waals surface area contributed by atoms with E-state index in [1.54, 1.807) is 17.0 Å². The average molecular weight is 277 g/mol. The van der Waals surface area contributed by atoms with Crippen LogP contribution in [-0.2, 0) is 0 Å². The summed E-state index contributed by atoms with van der Waals surface area (Å²) in [6.45, 7) is 5.30. The molecule has 2 nitrogen and oxygen atoms in total. The lowest BCUT2D eigenvalue weighted by molar-refractivity contribution is 0.0774.